The quantitative estimate of drug-likeness (QED) is 0.461. The first kappa shape index (κ1) is 24.7. The second-order valence-electron chi connectivity index (χ2n) is 8.66. The fraction of sp³-hybridized carbons (Fsp3) is 0.524. The zero-order chi connectivity index (χ0) is 24.3. The first-order valence-electron chi connectivity index (χ1n) is 10.7. The summed E-state index contributed by atoms with van der Waals surface area (Å²) in [5.41, 5.74) is -1.32. The minimum Gasteiger partial charge on any atom is -0.462 e. The van der Waals surface area contributed by atoms with E-state index in [0.29, 0.717) is 13.2 Å². The molecular weight excluding hydrogens is 433 g/mol. The summed E-state index contributed by atoms with van der Waals surface area (Å²) in [6, 6.07) is 0.816. The average Bonchev–Trinajstić information content (AvgIpc) is 2.74. The third kappa shape index (κ3) is 5.70. The van der Waals surface area contributed by atoms with E-state index in [4.69, 9.17) is 14.2 Å². The molecule has 0 saturated carbocycles. The van der Waals surface area contributed by atoms with E-state index < -0.39 is 36.3 Å². The van der Waals surface area contributed by atoms with E-state index in [1.54, 1.807) is 37.2 Å². The Bertz CT molecular complexity index is 1100. The van der Waals surface area contributed by atoms with Gasteiger partial charge in [-0.25, -0.2) is 14.6 Å². The van der Waals surface area contributed by atoms with Crippen LogP contribution in [0.25, 0.3) is 11.0 Å². The summed E-state index contributed by atoms with van der Waals surface area (Å²) in [5.74, 6) is -0.808. The van der Waals surface area contributed by atoms with E-state index in [2.05, 4.69) is 4.98 Å². The number of hydrogen-bond acceptors (Lipinski definition) is 9. The van der Waals surface area contributed by atoms with Crippen molar-refractivity contribution in [1.29, 1.82) is 0 Å². The second kappa shape index (κ2) is 9.90. The SMILES string of the molecule is CCOC(=O)c1cn(CC2COCCN2C(=O)OC(C)(C)C)c2ncc(B(O)O)cc2c1=O. The van der Waals surface area contributed by atoms with E-state index >= 15 is 0 Å². The molecule has 1 unspecified atom stereocenters. The van der Waals surface area contributed by atoms with Crippen molar-refractivity contribution in [3.63, 3.8) is 0 Å². The van der Waals surface area contributed by atoms with Gasteiger partial charge >= 0.3 is 19.2 Å². The number of pyridine rings is 2. The number of nitrogens with zero attached hydrogens (tertiary/aromatic N) is 3. The Morgan fingerprint density at radius 2 is 2.06 bits per heavy atom. The van der Waals surface area contributed by atoms with Crippen LogP contribution in [0.3, 0.4) is 0 Å². The number of morpholine rings is 1. The summed E-state index contributed by atoms with van der Waals surface area (Å²) < 4.78 is 17.7. The van der Waals surface area contributed by atoms with Crippen LogP contribution in [-0.2, 0) is 20.8 Å². The zero-order valence-electron chi connectivity index (χ0n) is 19.1. The summed E-state index contributed by atoms with van der Waals surface area (Å²) in [4.78, 5) is 43.9. The summed E-state index contributed by atoms with van der Waals surface area (Å²) in [5, 5.41) is 19.0. The number of esters is 1. The minimum absolute atomic E-state index is 0.00328. The van der Waals surface area contributed by atoms with E-state index in [-0.39, 0.29) is 41.8 Å². The summed E-state index contributed by atoms with van der Waals surface area (Å²) >= 11 is 0. The smallest absolute Gasteiger partial charge is 0.462 e. The highest BCUT2D eigenvalue weighted by Crippen LogP contribution is 2.18. The van der Waals surface area contributed by atoms with Gasteiger partial charge in [0.05, 0.1) is 31.2 Å². The maximum absolute atomic E-state index is 13.0. The molecule has 0 aromatic carbocycles. The molecule has 2 aromatic rings. The van der Waals surface area contributed by atoms with Crippen molar-refractivity contribution in [3.8, 4) is 0 Å². The number of aromatic nitrogens is 2. The Kier molecular flexibility index (Phi) is 7.40. The first-order chi connectivity index (χ1) is 15.5. The Labute approximate surface area is 191 Å². The molecule has 0 bridgehead atoms. The first-order valence-corrected chi connectivity index (χ1v) is 10.7. The lowest BCUT2D eigenvalue weighted by Crippen LogP contribution is -2.52. The average molecular weight is 461 g/mol. The van der Waals surface area contributed by atoms with E-state index in [1.165, 1.54) is 18.5 Å². The standard InChI is InChI=1S/C21H28BN3O8/c1-5-32-19(27)16-11-24(18-15(17(16)26)8-13(9-23-18)22(29)30)10-14-12-31-7-6-25(14)20(28)33-21(2,3)4/h8-9,11,14,29-30H,5-7,10,12H2,1-4H3. The maximum atomic E-state index is 13.0. The summed E-state index contributed by atoms with van der Waals surface area (Å²) in [6.07, 6.45) is 2.08. The summed E-state index contributed by atoms with van der Waals surface area (Å²) in [6.45, 7) is 8.06. The van der Waals surface area contributed by atoms with Crippen molar-refractivity contribution >= 4 is 35.7 Å². The number of carbonyl (C=O) groups excluding carboxylic acids is 2. The van der Waals surface area contributed by atoms with Gasteiger partial charge in [-0.1, -0.05) is 0 Å². The molecule has 1 saturated heterocycles. The maximum Gasteiger partial charge on any atom is 0.490 e. The van der Waals surface area contributed by atoms with Crippen molar-refractivity contribution in [2.75, 3.05) is 26.4 Å². The van der Waals surface area contributed by atoms with Crippen molar-refractivity contribution < 1.29 is 33.8 Å². The lowest BCUT2D eigenvalue weighted by molar-refractivity contribution is -0.0356. The molecule has 12 heteroatoms. The number of rotatable bonds is 5. The fourth-order valence-corrected chi connectivity index (χ4v) is 3.52. The molecule has 2 aromatic heterocycles. The van der Waals surface area contributed by atoms with Gasteiger partial charge in [0.25, 0.3) is 0 Å². The van der Waals surface area contributed by atoms with Crippen LogP contribution < -0.4 is 10.9 Å². The van der Waals surface area contributed by atoms with Crippen LogP contribution in [0, 0.1) is 0 Å². The highest BCUT2D eigenvalue weighted by Gasteiger charge is 2.32. The van der Waals surface area contributed by atoms with Crippen LogP contribution in [-0.4, -0.2) is 81.7 Å². The molecule has 0 radical (unpaired) electrons. The van der Waals surface area contributed by atoms with Crippen LogP contribution in [0.15, 0.2) is 23.3 Å². The van der Waals surface area contributed by atoms with Crippen LogP contribution in [0.4, 0.5) is 4.79 Å². The van der Waals surface area contributed by atoms with Crippen LogP contribution in [0.5, 0.6) is 0 Å². The molecule has 1 atom stereocenters. The molecule has 3 rings (SSSR count). The highest BCUT2D eigenvalue weighted by atomic mass is 16.6. The normalized spacial score (nSPS) is 16.5. The van der Waals surface area contributed by atoms with Gasteiger partial charge in [0.1, 0.15) is 16.8 Å². The van der Waals surface area contributed by atoms with E-state index in [0.717, 1.165) is 0 Å². The predicted octanol–water partition coefficient (Wildman–Crippen LogP) is -0.111. The van der Waals surface area contributed by atoms with E-state index in [9.17, 15) is 24.4 Å². The van der Waals surface area contributed by atoms with Gasteiger partial charge in [-0.2, -0.15) is 0 Å². The Hall–Kier alpha value is -2.96. The molecule has 1 aliphatic rings. The zero-order valence-corrected chi connectivity index (χ0v) is 19.1. The molecule has 3 heterocycles. The molecule has 0 spiro atoms. The van der Waals surface area contributed by atoms with Gasteiger partial charge < -0.3 is 28.8 Å². The highest BCUT2D eigenvalue weighted by molar-refractivity contribution is 6.58. The lowest BCUT2D eigenvalue weighted by atomic mass is 9.81. The van der Waals surface area contributed by atoms with Crippen LogP contribution >= 0.6 is 0 Å². The van der Waals surface area contributed by atoms with Crippen LogP contribution in [0.1, 0.15) is 38.1 Å². The van der Waals surface area contributed by atoms with Crippen molar-refractivity contribution in [2.45, 2.75) is 45.9 Å². The van der Waals surface area contributed by atoms with Crippen molar-refractivity contribution in [3.05, 3.63) is 34.2 Å². The molecule has 1 amide bonds. The van der Waals surface area contributed by atoms with Crippen molar-refractivity contribution in [2.24, 2.45) is 0 Å². The van der Waals surface area contributed by atoms with Gasteiger partial charge in [-0.15, -0.1) is 0 Å². The van der Waals surface area contributed by atoms with Gasteiger partial charge in [0, 0.05) is 30.9 Å². The number of fused-ring (bicyclic) bond motifs is 1. The molecule has 178 valence electrons. The van der Waals surface area contributed by atoms with Gasteiger partial charge in [-0.05, 0) is 33.8 Å². The summed E-state index contributed by atoms with van der Waals surface area (Å²) in [7, 11) is -1.84. The van der Waals surface area contributed by atoms with Gasteiger partial charge in [0.15, 0.2) is 0 Å². The van der Waals surface area contributed by atoms with Gasteiger partial charge in [0.2, 0.25) is 5.43 Å². The Balaban J connectivity index is 2.06. The third-order valence-corrected chi connectivity index (χ3v) is 4.99. The largest absolute Gasteiger partial charge is 0.490 e. The number of ether oxygens (including phenoxy) is 3. The van der Waals surface area contributed by atoms with E-state index in [1.807, 2.05) is 0 Å². The monoisotopic (exact) mass is 461 g/mol. The second-order valence-corrected chi connectivity index (χ2v) is 8.66. The molecule has 1 aliphatic heterocycles. The predicted molar refractivity (Wildman–Crippen MR) is 119 cm³/mol. The minimum atomic E-state index is -1.84. The van der Waals surface area contributed by atoms with Gasteiger partial charge in [-0.3, -0.25) is 9.69 Å². The molecular formula is C21H28BN3O8. The number of amides is 1. The Morgan fingerprint density at radius 3 is 2.70 bits per heavy atom. The fourth-order valence-electron chi connectivity index (χ4n) is 3.52. The molecule has 1 fully saturated rings. The van der Waals surface area contributed by atoms with Crippen molar-refractivity contribution in [1.82, 2.24) is 14.5 Å². The number of carbonyl (C=O) groups is 2. The molecule has 11 nitrogen and oxygen atoms in total. The Morgan fingerprint density at radius 1 is 1.33 bits per heavy atom. The number of hydrogen-bond donors (Lipinski definition) is 2. The third-order valence-electron chi connectivity index (χ3n) is 4.99. The molecule has 0 aliphatic carbocycles. The van der Waals surface area contributed by atoms with Crippen LogP contribution in [0.2, 0.25) is 0 Å². The lowest BCUT2D eigenvalue weighted by Gasteiger charge is -2.37. The topological polar surface area (TPSA) is 140 Å². The molecule has 2 N–H and O–H groups in total. The molecule has 33 heavy (non-hydrogen) atoms.